The van der Waals surface area contributed by atoms with Crippen molar-refractivity contribution >= 4 is 34.3 Å². The Kier molecular flexibility index (Phi) is 2.71. The van der Waals surface area contributed by atoms with Gasteiger partial charge >= 0.3 is 0 Å². The van der Waals surface area contributed by atoms with E-state index >= 15 is 0 Å². The summed E-state index contributed by atoms with van der Waals surface area (Å²) >= 11 is 9.00. The van der Waals surface area contributed by atoms with Gasteiger partial charge in [-0.15, -0.1) is 11.3 Å². The van der Waals surface area contributed by atoms with Crippen LogP contribution in [0, 0.1) is 0 Å². The van der Waals surface area contributed by atoms with Gasteiger partial charge in [0.2, 0.25) is 0 Å². The highest BCUT2D eigenvalue weighted by Crippen LogP contribution is 2.38. The zero-order valence-corrected chi connectivity index (χ0v) is 10.8. The van der Waals surface area contributed by atoms with Crippen LogP contribution in [0.2, 0.25) is 4.34 Å². The van der Waals surface area contributed by atoms with Gasteiger partial charge in [-0.2, -0.15) is 0 Å². The van der Waals surface area contributed by atoms with E-state index in [0.717, 1.165) is 35.0 Å². The van der Waals surface area contributed by atoms with Gasteiger partial charge in [0.05, 0.1) is 11.9 Å². The van der Waals surface area contributed by atoms with Gasteiger partial charge in [0.25, 0.3) is 0 Å². The van der Waals surface area contributed by atoms with E-state index in [-0.39, 0.29) is 6.04 Å². The zero-order chi connectivity index (χ0) is 11.1. The van der Waals surface area contributed by atoms with Crippen LogP contribution >= 0.6 is 34.3 Å². The number of aromatic nitrogens is 2. The maximum atomic E-state index is 6.07. The van der Waals surface area contributed by atoms with Crippen LogP contribution in [0.1, 0.15) is 29.5 Å². The molecular weight excluding hydrogens is 262 g/mol. The molecule has 1 atom stereocenters. The second-order valence-electron chi connectivity index (χ2n) is 3.80. The van der Waals surface area contributed by atoms with Crippen LogP contribution in [0.4, 0.5) is 0 Å². The first-order valence-corrected chi connectivity index (χ1v) is 7.12. The second-order valence-corrected chi connectivity index (χ2v) is 6.49. The maximum absolute atomic E-state index is 6.07. The molecule has 2 heterocycles. The number of hydrogen-bond acceptors (Lipinski definition) is 5. The molecule has 16 heavy (non-hydrogen) atoms. The molecule has 0 saturated heterocycles. The molecule has 84 valence electrons. The molecule has 2 aromatic rings. The Morgan fingerprint density at radius 2 is 2.25 bits per heavy atom. The van der Waals surface area contributed by atoms with Crippen LogP contribution < -0.4 is 5.73 Å². The van der Waals surface area contributed by atoms with Crippen LogP contribution in [0.15, 0.2) is 6.20 Å². The van der Waals surface area contributed by atoms with Gasteiger partial charge in [0.15, 0.2) is 10.0 Å². The van der Waals surface area contributed by atoms with Gasteiger partial charge in [0.1, 0.15) is 4.34 Å². The normalized spacial score (nSPS) is 19.8. The minimum Gasteiger partial charge on any atom is -0.323 e. The molecule has 3 nitrogen and oxygen atoms in total. The molecule has 2 aromatic heterocycles. The monoisotopic (exact) mass is 271 g/mol. The highest BCUT2D eigenvalue weighted by atomic mass is 35.5. The van der Waals surface area contributed by atoms with Gasteiger partial charge in [-0.3, -0.25) is 0 Å². The van der Waals surface area contributed by atoms with Gasteiger partial charge in [-0.05, 0) is 19.3 Å². The minimum atomic E-state index is 0.158. The Hall–Kier alpha value is -0.490. The van der Waals surface area contributed by atoms with E-state index in [1.54, 1.807) is 17.5 Å². The highest BCUT2D eigenvalue weighted by Gasteiger charge is 2.22. The first kappa shape index (κ1) is 10.7. The van der Waals surface area contributed by atoms with E-state index in [4.69, 9.17) is 17.3 Å². The van der Waals surface area contributed by atoms with E-state index in [2.05, 4.69) is 9.97 Å². The molecule has 0 amide bonds. The predicted octanol–water partition coefficient (Wildman–Crippen LogP) is 3.26. The van der Waals surface area contributed by atoms with Gasteiger partial charge < -0.3 is 5.73 Å². The standard InChI is InChI=1S/C10H10ClN3S2/c11-7-4-13-9(15-7)10-14-6-3-1-2-5(12)8(6)16-10/h4-5H,1-3,12H2. The summed E-state index contributed by atoms with van der Waals surface area (Å²) in [4.78, 5) is 10.1. The summed E-state index contributed by atoms with van der Waals surface area (Å²) in [6.07, 6.45) is 4.91. The number of halogens is 1. The first-order valence-electron chi connectivity index (χ1n) is 5.11. The molecule has 0 fully saturated rings. The van der Waals surface area contributed by atoms with Crippen molar-refractivity contribution in [3.05, 3.63) is 21.1 Å². The van der Waals surface area contributed by atoms with Gasteiger partial charge in [-0.25, -0.2) is 9.97 Å². The van der Waals surface area contributed by atoms with Crippen LogP contribution in [0.3, 0.4) is 0 Å². The number of hydrogen-bond donors (Lipinski definition) is 1. The number of nitrogens with zero attached hydrogens (tertiary/aromatic N) is 2. The lowest BCUT2D eigenvalue weighted by molar-refractivity contribution is 0.573. The largest absolute Gasteiger partial charge is 0.323 e. The van der Waals surface area contributed by atoms with Crippen molar-refractivity contribution in [3.8, 4) is 10.0 Å². The summed E-state index contributed by atoms with van der Waals surface area (Å²) in [5.74, 6) is 0. The van der Waals surface area contributed by atoms with Crippen molar-refractivity contribution in [2.24, 2.45) is 5.73 Å². The molecule has 0 bridgehead atoms. The molecule has 0 spiro atoms. The third kappa shape index (κ3) is 1.78. The Labute approximate surface area is 106 Å². The fourth-order valence-corrected chi connectivity index (χ4v) is 3.98. The van der Waals surface area contributed by atoms with E-state index in [1.165, 1.54) is 16.2 Å². The number of nitrogens with two attached hydrogens (primary N) is 1. The smallest absolute Gasteiger partial charge is 0.153 e. The average molecular weight is 272 g/mol. The van der Waals surface area contributed by atoms with Crippen molar-refractivity contribution in [1.82, 2.24) is 9.97 Å². The fourth-order valence-electron chi connectivity index (χ4n) is 1.90. The number of rotatable bonds is 1. The summed E-state index contributed by atoms with van der Waals surface area (Å²) in [6.45, 7) is 0. The Morgan fingerprint density at radius 1 is 1.38 bits per heavy atom. The highest BCUT2D eigenvalue weighted by molar-refractivity contribution is 7.23. The molecule has 0 saturated carbocycles. The maximum Gasteiger partial charge on any atom is 0.153 e. The summed E-state index contributed by atoms with van der Waals surface area (Å²) in [5, 5.41) is 1.86. The summed E-state index contributed by atoms with van der Waals surface area (Å²) in [7, 11) is 0. The van der Waals surface area contributed by atoms with Crippen LogP contribution in [0.5, 0.6) is 0 Å². The summed E-state index contributed by atoms with van der Waals surface area (Å²) in [6, 6.07) is 0.158. The lowest BCUT2D eigenvalue weighted by Crippen LogP contribution is -2.15. The first-order chi connectivity index (χ1) is 7.74. The van der Waals surface area contributed by atoms with E-state index in [1.807, 2.05) is 0 Å². The number of thiazole rings is 2. The van der Waals surface area contributed by atoms with Crippen LogP contribution in [-0.4, -0.2) is 9.97 Å². The minimum absolute atomic E-state index is 0.158. The molecule has 0 radical (unpaired) electrons. The lowest BCUT2D eigenvalue weighted by Gasteiger charge is -2.15. The molecule has 1 unspecified atom stereocenters. The molecule has 3 rings (SSSR count). The quantitative estimate of drug-likeness (QED) is 0.866. The van der Waals surface area contributed by atoms with Crippen molar-refractivity contribution in [1.29, 1.82) is 0 Å². The predicted molar refractivity (Wildman–Crippen MR) is 68.1 cm³/mol. The van der Waals surface area contributed by atoms with E-state index < -0.39 is 0 Å². The topological polar surface area (TPSA) is 51.8 Å². The number of aryl methyl sites for hydroxylation is 1. The van der Waals surface area contributed by atoms with Crippen molar-refractivity contribution < 1.29 is 0 Å². The van der Waals surface area contributed by atoms with Crippen molar-refractivity contribution in [2.45, 2.75) is 25.3 Å². The fraction of sp³-hybridized carbons (Fsp3) is 0.400. The van der Waals surface area contributed by atoms with Crippen molar-refractivity contribution in [2.75, 3.05) is 0 Å². The molecule has 6 heteroatoms. The SMILES string of the molecule is NC1CCCc2nc(-c3ncc(Cl)s3)sc21. The third-order valence-electron chi connectivity index (χ3n) is 2.65. The zero-order valence-electron chi connectivity index (χ0n) is 8.44. The Balaban J connectivity index is 2.04. The molecule has 0 aliphatic heterocycles. The Bertz CT molecular complexity index is 520. The molecule has 0 aromatic carbocycles. The summed E-state index contributed by atoms with van der Waals surface area (Å²) < 4.78 is 0.701. The van der Waals surface area contributed by atoms with E-state index in [9.17, 15) is 0 Å². The van der Waals surface area contributed by atoms with Crippen LogP contribution in [-0.2, 0) is 6.42 Å². The van der Waals surface area contributed by atoms with Gasteiger partial charge in [-0.1, -0.05) is 22.9 Å². The molecular formula is C10H10ClN3S2. The van der Waals surface area contributed by atoms with E-state index in [0.29, 0.717) is 4.34 Å². The Morgan fingerprint density at radius 3 is 2.94 bits per heavy atom. The molecule has 2 N–H and O–H groups in total. The van der Waals surface area contributed by atoms with Crippen LogP contribution in [0.25, 0.3) is 10.0 Å². The molecule has 1 aliphatic rings. The van der Waals surface area contributed by atoms with Gasteiger partial charge in [0, 0.05) is 10.9 Å². The summed E-state index contributed by atoms with van der Waals surface area (Å²) in [5.41, 5.74) is 7.23. The second kappa shape index (κ2) is 4.07. The number of fused-ring (bicyclic) bond motifs is 1. The average Bonchev–Trinajstić information content (AvgIpc) is 2.84. The van der Waals surface area contributed by atoms with Crippen molar-refractivity contribution in [3.63, 3.8) is 0 Å². The molecule has 1 aliphatic carbocycles. The third-order valence-corrected chi connectivity index (χ3v) is 5.14. The lowest BCUT2D eigenvalue weighted by atomic mass is 9.99.